The summed E-state index contributed by atoms with van der Waals surface area (Å²) in [6.07, 6.45) is 5.78. The number of nitrogens with one attached hydrogen (secondary N) is 2. The van der Waals surface area contributed by atoms with Gasteiger partial charge in [0.05, 0.1) is 18.5 Å². The zero-order valence-corrected chi connectivity index (χ0v) is 10.4. The van der Waals surface area contributed by atoms with Crippen LogP contribution >= 0.6 is 0 Å². The molecule has 2 aromatic rings. The summed E-state index contributed by atoms with van der Waals surface area (Å²) in [5.74, 6) is 0.990. The Morgan fingerprint density at radius 1 is 1.53 bits per heavy atom. The first kappa shape index (κ1) is 11.9. The van der Waals surface area contributed by atoms with Crippen LogP contribution in [0.1, 0.15) is 36.4 Å². The lowest BCUT2D eigenvalue weighted by molar-refractivity contribution is 0.429. The Hall–Kier alpha value is -1.55. The van der Waals surface area contributed by atoms with E-state index in [0.717, 1.165) is 25.1 Å². The van der Waals surface area contributed by atoms with Crippen molar-refractivity contribution in [2.24, 2.45) is 0 Å². The summed E-state index contributed by atoms with van der Waals surface area (Å²) in [5.41, 5.74) is 2.47. The number of aryl methyl sites for hydroxylation is 2. The molecule has 0 aromatic carbocycles. The zero-order chi connectivity index (χ0) is 12.1. The van der Waals surface area contributed by atoms with Crippen LogP contribution in [-0.2, 0) is 6.42 Å². The van der Waals surface area contributed by atoms with Crippen LogP contribution in [0.5, 0.6) is 0 Å². The summed E-state index contributed by atoms with van der Waals surface area (Å²) in [5, 5.41) is 10.4. The standard InChI is InChI=1S/C13H19N3O/c1-10-12(9-15-16-10)5-3-7-14-11(2)13-6-4-8-17-13/h4,6,8-9,11,14H,3,5,7H2,1-2H3,(H,15,16). The Balaban J connectivity index is 1.68. The van der Waals surface area contributed by atoms with Crippen LogP contribution in [0.2, 0.25) is 0 Å². The predicted octanol–water partition coefficient (Wildman–Crippen LogP) is 2.59. The molecule has 2 rings (SSSR count). The van der Waals surface area contributed by atoms with Crippen LogP contribution in [0.25, 0.3) is 0 Å². The molecule has 1 unspecified atom stereocenters. The van der Waals surface area contributed by atoms with Crippen molar-refractivity contribution in [3.05, 3.63) is 41.6 Å². The van der Waals surface area contributed by atoms with Gasteiger partial charge in [-0.25, -0.2) is 0 Å². The Labute approximate surface area is 101 Å². The van der Waals surface area contributed by atoms with Crippen molar-refractivity contribution >= 4 is 0 Å². The molecule has 17 heavy (non-hydrogen) atoms. The summed E-state index contributed by atoms with van der Waals surface area (Å²) in [7, 11) is 0. The number of furan rings is 1. The quantitative estimate of drug-likeness (QED) is 0.754. The Morgan fingerprint density at radius 2 is 2.41 bits per heavy atom. The number of hydrogen-bond donors (Lipinski definition) is 2. The molecule has 0 saturated carbocycles. The van der Waals surface area contributed by atoms with Gasteiger partial charge in [0.25, 0.3) is 0 Å². The van der Waals surface area contributed by atoms with Gasteiger partial charge < -0.3 is 9.73 Å². The van der Waals surface area contributed by atoms with Gasteiger partial charge in [-0.15, -0.1) is 0 Å². The van der Waals surface area contributed by atoms with Gasteiger partial charge in [0.2, 0.25) is 0 Å². The van der Waals surface area contributed by atoms with Gasteiger partial charge >= 0.3 is 0 Å². The van der Waals surface area contributed by atoms with Crippen LogP contribution < -0.4 is 5.32 Å². The topological polar surface area (TPSA) is 53.9 Å². The van der Waals surface area contributed by atoms with Gasteiger partial charge in [-0.3, -0.25) is 5.10 Å². The Kier molecular flexibility index (Phi) is 3.98. The fourth-order valence-corrected chi connectivity index (χ4v) is 1.86. The van der Waals surface area contributed by atoms with Crippen molar-refractivity contribution in [2.45, 2.75) is 32.7 Å². The van der Waals surface area contributed by atoms with E-state index in [1.54, 1.807) is 6.26 Å². The molecular formula is C13H19N3O. The number of aromatic amines is 1. The fourth-order valence-electron chi connectivity index (χ4n) is 1.86. The molecule has 2 N–H and O–H groups in total. The van der Waals surface area contributed by atoms with E-state index in [9.17, 15) is 0 Å². The molecule has 0 amide bonds. The molecule has 2 heterocycles. The molecule has 2 aromatic heterocycles. The molecule has 0 aliphatic carbocycles. The van der Waals surface area contributed by atoms with Crippen LogP contribution in [0.3, 0.4) is 0 Å². The van der Waals surface area contributed by atoms with E-state index >= 15 is 0 Å². The first-order valence-electron chi connectivity index (χ1n) is 6.03. The van der Waals surface area contributed by atoms with E-state index in [2.05, 4.69) is 29.4 Å². The monoisotopic (exact) mass is 233 g/mol. The number of hydrogen-bond acceptors (Lipinski definition) is 3. The molecule has 92 valence electrons. The molecule has 0 aliphatic rings. The maximum absolute atomic E-state index is 5.34. The van der Waals surface area contributed by atoms with Crippen LogP contribution in [0.4, 0.5) is 0 Å². The highest BCUT2D eigenvalue weighted by Crippen LogP contribution is 2.12. The molecule has 0 fully saturated rings. The molecule has 4 nitrogen and oxygen atoms in total. The van der Waals surface area contributed by atoms with Crippen molar-refractivity contribution in [2.75, 3.05) is 6.54 Å². The van der Waals surface area contributed by atoms with Gasteiger partial charge in [0, 0.05) is 5.69 Å². The maximum atomic E-state index is 5.34. The summed E-state index contributed by atoms with van der Waals surface area (Å²) < 4.78 is 5.34. The Bertz CT molecular complexity index is 433. The van der Waals surface area contributed by atoms with Crippen molar-refractivity contribution in [3.8, 4) is 0 Å². The molecule has 1 atom stereocenters. The van der Waals surface area contributed by atoms with Crippen molar-refractivity contribution in [1.82, 2.24) is 15.5 Å². The van der Waals surface area contributed by atoms with Crippen LogP contribution in [-0.4, -0.2) is 16.7 Å². The van der Waals surface area contributed by atoms with E-state index < -0.39 is 0 Å². The molecule has 0 bridgehead atoms. The fraction of sp³-hybridized carbons (Fsp3) is 0.462. The number of H-pyrrole nitrogens is 1. The molecule has 4 heteroatoms. The number of rotatable bonds is 6. The summed E-state index contributed by atoms with van der Waals surface area (Å²) in [6.45, 7) is 5.15. The highest BCUT2D eigenvalue weighted by molar-refractivity contribution is 5.14. The van der Waals surface area contributed by atoms with Gasteiger partial charge in [-0.1, -0.05) is 0 Å². The molecule has 0 radical (unpaired) electrons. The zero-order valence-electron chi connectivity index (χ0n) is 10.4. The van der Waals surface area contributed by atoms with E-state index in [1.807, 2.05) is 18.3 Å². The van der Waals surface area contributed by atoms with Crippen molar-refractivity contribution in [3.63, 3.8) is 0 Å². The second-order valence-corrected chi connectivity index (χ2v) is 4.32. The first-order valence-corrected chi connectivity index (χ1v) is 6.03. The predicted molar refractivity (Wildman–Crippen MR) is 66.8 cm³/mol. The first-order chi connectivity index (χ1) is 8.27. The highest BCUT2D eigenvalue weighted by Gasteiger charge is 2.06. The largest absolute Gasteiger partial charge is 0.468 e. The second-order valence-electron chi connectivity index (χ2n) is 4.32. The summed E-state index contributed by atoms with van der Waals surface area (Å²) in [6, 6.07) is 4.19. The minimum Gasteiger partial charge on any atom is -0.468 e. The number of nitrogens with zero attached hydrogens (tertiary/aromatic N) is 1. The normalized spacial score (nSPS) is 12.8. The minimum absolute atomic E-state index is 0.274. The van der Waals surface area contributed by atoms with Gasteiger partial charge in [-0.2, -0.15) is 5.10 Å². The third-order valence-electron chi connectivity index (χ3n) is 2.98. The molecular weight excluding hydrogens is 214 g/mol. The third kappa shape index (κ3) is 3.20. The van der Waals surface area contributed by atoms with E-state index in [4.69, 9.17) is 4.42 Å². The van der Waals surface area contributed by atoms with Crippen LogP contribution in [0, 0.1) is 6.92 Å². The minimum atomic E-state index is 0.274. The van der Waals surface area contributed by atoms with Crippen LogP contribution in [0.15, 0.2) is 29.0 Å². The lowest BCUT2D eigenvalue weighted by atomic mass is 10.1. The Morgan fingerprint density at radius 3 is 3.06 bits per heavy atom. The van der Waals surface area contributed by atoms with E-state index in [-0.39, 0.29) is 6.04 Å². The van der Waals surface area contributed by atoms with Gasteiger partial charge in [0.15, 0.2) is 0 Å². The van der Waals surface area contributed by atoms with Crippen molar-refractivity contribution < 1.29 is 4.42 Å². The molecule has 0 saturated heterocycles. The molecule has 0 spiro atoms. The van der Waals surface area contributed by atoms with E-state index in [0.29, 0.717) is 0 Å². The highest BCUT2D eigenvalue weighted by atomic mass is 16.3. The lowest BCUT2D eigenvalue weighted by Gasteiger charge is -2.10. The SMILES string of the molecule is Cc1[nH]ncc1CCCNC(C)c1ccco1. The second kappa shape index (κ2) is 5.68. The average molecular weight is 233 g/mol. The lowest BCUT2D eigenvalue weighted by Crippen LogP contribution is -2.19. The molecule has 0 aliphatic heterocycles. The van der Waals surface area contributed by atoms with Crippen molar-refractivity contribution in [1.29, 1.82) is 0 Å². The summed E-state index contributed by atoms with van der Waals surface area (Å²) in [4.78, 5) is 0. The smallest absolute Gasteiger partial charge is 0.120 e. The number of aromatic nitrogens is 2. The van der Waals surface area contributed by atoms with Gasteiger partial charge in [0.1, 0.15) is 5.76 Å². The third-order valence-corrected chi connectivity index (χ3v) is 2.98. The van der Waals surface area contributed by atoms with Gasteiger partial charge in [-0.05, 0) is 50.9 Å². The van der Waals surface area contributed by atoms with E-state index in [1.165, 1.54) is 11.3 Å². The maximum Gasteiger partial charge on any atom is 0.120 e. The summed E-state index contributed by atoms with van der Waals surface area (Å²) >= 11 is 0. The average Bonchev–Trinajstić information content (AvgIpc) is 2.96.